The van der Waals surface area contributed by atoms with Crippen LogP contribution in [0.2, 0.25) is 0 Å². The summed E-state index contributed by atoms with van der Waals surface area (Å²) in [5.74, 6) is -0.367. The third kappa shape index (κ3) is 4.14. The van der Waals surface area contributed by atoms with Crippen molar-refractivity contribution in [2.45, 2.75) is 25.1 Å². The minimum Gasteiger partial charge on any atom is -0.253 e. The highest BCUT2D eigenvalue weighted by Gasteiger charge is 2.29. The molecule has 1 aromatic heterocycles. The van der Waals surface area contributed by atoms with Gasteiger partial charge in [-0.25, -0.2) is 22.1 Å². The van der Waals surface area contributed by atoms with E-state index in [-0.39, 0.29) is 11.7 Å². The van der Waals surface area contributed by atoms with Crippen LogP contribution in [0.15, 0.2) is 36.9 Å². The van der Waals surface area contributed by atoms with Gasteiger partial charge in [0.1, 0.15) is 18.5 Å². The van der Waals surface area contributed by atoms with Crippen molar-refractivity contribution < 1.29 is 12.8 Å². The molecule has 0 spiro atoms. The van der Waals surface area contributed by atoms with Crippen LogP contribution in [0, 0.1) is 11.7 Å². The van der Waals surface area contributed by atoms with Gasteiger partial charge in [0.15, 0.2) is 0 Å². The number of hydrogen-bond donors (Lipinski definition) is 0. The maximum Gasteiger partial charge on any atom is 0.218 e. The Morgan fingerprint density at radius 1 is 1.35 bits per heavy atom. The van der Waals surface area contributed by atoms with Gasteiger partial charge in [0.25, 0.3) is 0 Å². The zero-order chi connectivity index (χ0) is 16.3. The van der Waals surface area contributed by atoms with Crippen LogP contribution in [0.4, 0.5) is 4.39 Å². The van der Waals surface area contributed by atoms with Gasteiger partial charge < -0.3 is 0 Å². The normalized spacial score (nSPS) is 19.8. The molecule has 6 nitrogen and oxygen atoms in total. The van der Waals surface area contributed by atoms with E-state index in [1.54, 1.807) is 17.1 Å². The van der Waals surface area contributed by atoms with Gasteiger partial charge in [-0.3, -0.25) is 4.68 Å². The average Bonchev–Trinajstić information content (AvgIpc) is 3.00. The molecule has 2 aromatic rings. The molecule has 0 saturated carbocycles. The molecular formula is C15H19FN4O2S. The van der Waals surface area contributed by atoms with Gasteiger partial charge in [-0.2, -0.15) is 5.10 Å². The van der Waals surface area contributed by atoms with Crippen LogP contribution in [0.3, 0.4) is 0 Å². The Labute approximate surface area is 135 Å². The van der Waals surface area contributed by atoms with Crippen LogP contribution in [-0.4, -0.2) is 40.6 Å². The van der Waals surface area contributed by atoms with Gasteiger partial charge in [0, 0.05) is 19.6 Å². The molecule has 2 heterocycles. The third-order valence-electron chi connectivity index (χ3n) is 4.03. The molecule has 23 heavy (non-hydrogen) atoms. The quantitative estimate of drug-likeness (QED) is 0.831. The second-order valence-electron chi connectivity index (χ2n) is 5.87. The number of sulfonamides is 1. The topological polar surface area (TPSA) is 68.1 Å². The van der Waals surface area contributed by atoms with Gasteiger partial charge in [-0.15, -0.1) is 0 Å². The number of nitrogens with zero attached hydrogens (tertiary/aromatic N) is 4. The SMILES string of the molecule is O=S(=O)(Cc1cccc(F)c1)N1CCC[C@H](Cn2cncn2)C1. The molecule has 1 atom stereocenters. The largest absolute Gasteiger partial charge is 0.253 e. The predicted molar refractivity (Wildman–Crippen MR) is 83.3 cm³/mol. The van der Waals surface area contributed by atoms with E-state index in [1.807, 2.05) is 0 Å². The summed E-state index contributed by atoms with van der Waals surface area (Å²) in [4.78, 5) is 3.90. The molecular weight excluding hydrogens is 319 g/mol. The lowest BCUT2D eigenvalue weighted by atomic mass is 10.00. The maximum atomic E-state index is 13.2. The summed E-state index contributed by atoms with van der Waals surface area (Å²) in [7, 11) is -3.44. The van der Waals surface area contributed by atoms with Crippen LogP contribution < -0.4 is 0 Å². The minimum absolute atomic E-state index is 0.166. The van der Waals surface area contributed by atoms with Crippen LogP contribution in [-0.2, 0) is 22.3 Å². The number of aromatic nitrogens is 3. The van der Waals surface area contributed by atoms with E-state index >= 15 is 0 Å². The molecule has 1 aromatic carbocycles. The Hall–Kier alpha value is -1.80. The summed E-state index contributed by atoms with van der Waals surface area (Å²) in [6.07, 6.45) is 4.90. The van der Waals surface area contributed by atoms with Crippen LogP contribution >= 0.6 is 0 Å². The molecule has 8 heteroatoms. The molecule has 3 rings (SSSR count). The van der Waals surface area contributed by atoms with Gasteiger partial charge in [0.2, 0.25) is 10.0 Å². The summed E-state index contributed by atoms with van der Waals surface area (Å²) in [5.41, 5.74) is 0.475. The van der Waals surface area contributed by atoms with Crippen molar-refractivity contribution in [2.75, 3.05) is 13.1 Å². The number of hydrogen-bond acceptors (Lipinski definition) is 4. The molecule has 1 fully saturated rings. The Bertz CT molecular complexity index is 749. The molecule has 0 aliphatic carbocycles. The van der Waals surface area contributed by atoms with Gasteiger partial charge in [-0.1, -0.05) is 12.1 Å². The number of piperidine rings is 1. The van der Waals surface area contributed by atoms with Crippen molar-refractivity contribution in [3.8, 4) is 0 Å². The molecule has 0 radical (unpaired) electrons. The van der Waals surface area contributed by atoms with E-state index in [1.165, 1.54) is 28.8 Å². The van der Waals surface area contributed by atoms with Crippen molar-refractivity contribution >= 4 is 10.0 Å². The van der Waals surface area contributed by atoms with Crippen molar-refractivity contribution in [3.05, 3.63) is 48.3 Å². The number of rotatable bonds is 5. The molecule has 124 valence electrons. The summed E-state index contributed by atoms with van der Waals surface area (Å²) in [6.45, 7) is 1.65. The van der Waals surface area contributed by atoms with E-state index < -0.39 is 15.8 Å². The van der Waals surface area contributed by atoms with E-state index in [0.29, 0.717) is 25.2 Å². The molecule has 1 aliphatic heterocycles. The molecule has 1 aliphatic rings. The Kier molecular flexibility index (Phi) is 4.72. The van der Waals surface area contributed by atoms with E-state index in [9.17, 15) is 12.8 Å². The molecule has 0 bridgehead atoms. The lowest BCUT2D eigenvalue weighted by molar-refractivity contribution is 0.239. The fraction of sp³-hybridized carbons (Fsp3) is 0.467. The van der Waals surface area contributed by atoms with Crippen molar-refractivity contribution in [3.63, 3.8) is 0 Å². The smallest absolute Gasteiger partial charge is 0.218 e. The lowest BCUT2D eigenvalue weighted by Gasteiger charge is -2.31. The first kappa shape index (κ1) is 16.1. The van der Waals surface area contributed by atoms with Crippen molar-refractivity contribution in [1.29, 1.82) is 0 Å². The second-order valence-corrected chi connectivity index (χ2v) is 7.84. The van der Waals surface area contributed by atoms with Gasteiger partial charge in [0.05, 0.1) is 5.75 Å². The highest BCUT2D eigenvalue weighted by Crippen LogP contribution is 2.22. The zero-order valence-corrected chi connectivity index (χ0v) is 13.5. The molecule has 0 unspecified atom stereocenters. The van der Waals surface area contributed by atoms with Gasteiger partial charge in [-0.05, 0) is 36.5 Å². The molecule has 0 amide bonds. The summed E-state index contributed by atoms with van der Waals surface area (Å²) in [5, 5.41) is 4.07. The number of benzene rings is 1. The van der Waals surface area contributed by atoms with Crippen LogP contribution in [0.1, 0.15) is 18.4 Å². The van der Waals surface area contributed by atoms with Crippen molar-refractivity contribution in [1.82, 2.24) is 19.1 Å². The maximum absolute atomic E-state index is 13.2. The monoisotopic (exact) mass is 338 g/mol. The minimum atomic E-state index is -3.44. The highest BCUT2D eigenvalue weighted by atomic mass is 32.2. The van der Waals surface area contributed by atoms with E-state index in [4.69, 9.17) is 0 Å². The predicted octanol–water partition coefficient (Wildman–Crippen LogP) is 1.66. The fourth-order valence-corrected chi connectivity index (χ4v) is 4.58. The Balaban J connectivity index is 1.67. The van der Waals surface area contributed by atoms with E-state index in [2.05, 4.69) is 10.1 Å². The van der Waals surface area contributed by atoms with Crippen molar-refractivity contribution in [2.24, 2.45) is 5.92 Å². The number of halogens is 1. The first-order chi connectivity index (χ1) is 11.0. The molecule has 1 saturated heterocycles. The third-order valence-corrected chi connectivity index (χ3v) is 5.84. The Morgan fingerprint density at radius 3 is 2.96 bits per heavy atom. The highest BCUT2D eigenvalue weighted by molar-refractivity contribution is 7.88. The fourth-order valence-electron chi connectivity index (χ4n) is 2.95. The van der Waals surface area contributed by atoms with Gasteiger partial charge >= 0.3 is 0 Å². The van der Waals surface area contributed by atoms with Crippen LogP contribution in [0.25, 0.3) is 0 Å². The summed E-state index contributed by atoms with van der Waals surface area (Å²) in [6, 6.07) is 5.75. The zero-order valence-electron chi connectivity index (χ0n) is 12.7. The second kappa shape index (κ2) is 6.76. The summed E-state index contributed by atoms with van der Waals surface area (Å²) >= 11 is 0. The summed E-state index contributed by atoms with van der Waals surface area (Å²) < 4.78 is 41.6. The Morgan fingerprint density at radius 2 is 2.22 bits per heavy atom. The molecule has 0 N–H and O–H groups in total. The average molecular weight is 338 g/mol. The lowest BCUT2D eigenvalue weighted by Crippen LogP contribution is -2.41. The van der Waals surface area contributed by atoms with Crippen LogP contribution in [0.5, 0.6) is 0 Å². The standard InChI is InChI=1S/C15H19FN4O2S/c16-15-5-1-3-13(7-15)10-23(21,22)20-6-2-4-14(9-20)8-19-12-17-11-18-19/h1,3,5,7,11-12,14H,2,4,6,8-10H2/t14-/m1/s1. The first-order valence-corrected chi connectivity index (χ1v) is 9.18. The first-order valence-electron chi connectivity index (χ1n) is 7.57. The van der Waals surface area contributed by atoms with E-state index in [0.717, 1.165) is 12.8 Å².